The molecule has 0 aromatic heterocycles. The van der Waals surface area contributed by atoms with E-state index in [1.165, 1.54) is 17.1 Å². The maximum atomic E-state index is 15.3. The minimum Gasteiger partial charge on any atom is -0.378 e. The van der Waals surface area contributed by atoms with Gasteiger partial charge in [0, 0.05) is 31.4 Å². The highest BCUT2D eigenvalue weighted by Crippen LogP contribution is 2.35. The molecule has 2 aliphatic rings. The molecule has 1 heterocycles. The number of amidine groups is 1. The van der Waals surface area contributed by atoms with Gasteiger partial charge in [-0.25, -0.2) is 4.99 Å². The smallest absolute Gasteiger partial charge is 0.258 e. The van der Waals surface area contributed by atoms with Crippen LogP contribution in [0.1, 0.15) is 70.2 Å². The highest BCUT2D eigenvalue weighted by Gasteiger charge is 2.41. The molecule has 0 spiro atoms. The first-order valence-corrected chi connectivity index (χ1v) is 12.8. The average molecular weight is 507 g/mol. The number of aliphatic imine (C=N–C) groups is 1. The van der Waals surface area contributed by atoms with E-state index in [9.17, 15) is 15.2 Å². The topological polar surface area (TPSA) is 97.6 Å². The van der Waals surface area contributed by atoms with E-state index in [4.69, 9.17) is 4.74 Å². The van der Waals surface area contributed by atoms with Gasteiger partial charge in [-0.15, -0.1) is 0 Å². The summed E-state index contributed by atoms with van der Waals surface area (Å²) in [6, 6.07) is 2.43. The fourth-order valence-electron chi connectivity index (χ4n) is 4.28. The first kappa shape index (κ1) is 28.2. The van der Waals surface area contributed by atoms with Crippen molar-refractivity contribution in [2.24, 2.45) is 10.9 Å². The minimum atomic E-state index is -1.78. The summed E-state index contributed by atoms with van der Waals surface area (Å²) in [7, 11) is 1.82. The zero-order valence-corrected chi connectivity index (χ0v) is 22.2. The Morgan fingerprint density at radius 3 is 2.53 bits per heavy atom. The van der Waals surface area contributed by atoms with Crippen molar-refractivity contribution in [3.63, 3.8) is 0 Å². The zero-order chi connectivity index (χ0) is 26.5. The number of hydrogen-bond acceptors (Lipinski definition) is 7. The third-order valence-electron chi connectivity index (χ3n) is 6.81. The van der Waals surface area contributed by atoms with Crippen LogP contribution in [0.25, 0.3) is 0 Å². The average Bonchev–Trinajstić information content (AvgIpc) is 3.66. The lowest BCUT2D eigenvalue weighted by Crippen LogP contribution is -2.61. The number of unbranched alkanes of at least 4 members (excludes halogenated alkanes) is 1. The van der Waals surface area contributed by atoms with Gasteiger partial charge in [0.05, 0.1) is 42.5 Å². The number of quaternary nitrogens is 1. The molecular formula is C26H41FN5O4+. The van der Waals surface area contributed by atoms with Gasteiger partial charge < -0.3 is 15.0 Å². The fourth-order valence-corrected chi connectivity index (χ4v) is 4.28. The summed E-state index contributed by atoms with van der Waals surface area (Å²) in [4.78, 5) is 18.0. The highest BCUT2D eigenvalue weighted by atomic mass is 19.1. The van der Waals surface area contributed by atoms with Gasteiger partial charge in [0.25, 0.3) is 11.6 Å². The van der Waals surface area contributed by atoms with Gasteiger partial charge in [-0.2, -0.15) is 14.8 Å². The Morgan fingerprint density at radius 1 is 1.25 bits per heavy atom. The summed E-state index contributed by atoms with van der Waals surface area (Å²) in [6.07, 6.45) is 5.31. The quantitative estimate of drug-likeness (QED) is 0.185. The summed E-state index contributed by atoms with van der Waals surface area (Å²) in [5, 5.41) is 25.8. The Kier molecular flexibility index (Phi) is 9.59. The fraction of sp³-hybridized carbons (Fsp3) is 0.615. The van der Waals surface area contributed by atoms with Crippen LogP contribution in [0.3, 0.4) is 0 Å². The van der Waals surface area contributed by atoms with Crippen LogP contribution < -0.4 is 15.1 Å². The van der Waals surface area contributed by atoms with Crippen molar-refractivity contribution in [1.29, 1.82) is 0 Å². The van der Waals surface area contributed by atoms with Crippen LogP contribution in [-0.2, 0) is 4.74 Å². The van der Waals surface area contributed by atoms with Crippen molar-refractivity contribution >= 4 is 23.1 Å². The van der Waals surface area contributed by atoms with Crippen LogP contribution in [0.4, 0.5) is 15.8 Å². The predicted octanol–water partition coefficient (Wildman–Crippen LogP) is 4.64. The second-order valence-electron chi connectivity index (χ2n) is 9.90. The molecule has 0 unspecified atom stereocenters. The molecule has 0 bridgehead atoms. The van der Waals surface area contributed by atoms with E-state index in [0.717, 1.165) is 43.4 Å². The lowest BCUT2D eigenvalue weighted by molar-refractivity contribution is -0.408. The molecule has 1 aromatic carbocycles. The highest BCUT2D eigenvalue weighted by molar-refractivity contribution is 6.09. The van der Waals surface area contributed by atoms with Crippen molar-refractivity contribution in [1.82, 2.24) is 15.2 Å². The number of nitrogens with zero attached hydrogens (tertiary/aromatic N) is 4. The first-order valence-electron chi connectivity index (χ1n) is 12.8. The van der Waals surface area contributed by atoms with Crippen molar-refractivity contribution in [3.8, 4) is 0 Å². The Morgan fingerprint density at radius 2 is 1.92 bits per heavy atom. The van der Waals surface area contributed by atoms with Gasteiger partial charge in [0.2, 0.25) is 0 Å². The third-order valence-corrected chi connectivity index (χ3v) is 6.81. The standard InChI is InChI=1S/C26H40FN5O4/c1-6-7-8-18(2)19(3)28-20(4)29-26(33)22-15-25(32(34,35)31-11-13-36-14-12-31)23(27)16-24(22)30(5)17-21-9-10-21/h15-16,21,34-35H,6-14,17H2,1-5H3/p+1/b19-18-. The van der Waals surface area contributed by atoms with Gasteiger partial charge in [-0.05, 0) is 52.4 Å². The van der Waals surface area contributed by atoms with Crippen LogP contribution in [0.15, 0.2) is 28.4 Å². The number of ether oxygens (including phenoxy) is 1. The van der Waals surface area contributed by atoms with Gasteiger partial charge in [0.1, 0.15) is 5.84 Å². The first-order chi connectivity index (χ1) is 17.0. The zero-order valence-electron chi connectivity index (χ0n) is 22.2. The molecule has 1 aliphatic carbocycles. The second-order valence-corrected chi connectivity index (χ2v) is 9.90. The summed E-state index contributed by atoms with van der Waals surface area (Å²) >= 11 is 0. The number of nitrogens with one attached hydrogen (secondary N) is 1. The summed E-state index contributed by atoms with van der Waals surface area (Å²) in [5.41, 5.74) is 2.12. The maximum Gasteiger partial charge on any atom is 0.258 e. The van der Waals surface area contributed by atoms with E-state index in [2.05, 4.69) is 17.2 Å². The van der Waals surface area contributed by atoms with Crippen LogP contribution in [0, 0.1) is 11.7 Å². The normalized spacial score (nSPS) is 18.2. The number of halogens is 1. The molecule has 1 amide bonds. The Hall–Kier alpha value is -2.37. The van der Waals surface area contributed by atoms with Crippen molar-refractivity contribution in [3.05, 3.63) is 34.8 Å². The van der Waals surface area contributed by atoms with E-state index in [1.807, 2.05) is 25.8 Å². The van der Waals surface area contributed by atoms with Gasteiger partial charge >= 0.3 is 0 Å². The Labute approximate surface area is 213 Å². The Balaban J connectivity index is 1.94. The van der Waals surface area contributed by atoms with Crippen LogP contribution in [0.2, 0.25) is 0 Å². The molecule has 2 fully saturated rings. The predicted molar refractivity (Wildman–Crippen MR) is 139 cm³/mol. The molecule has 0 radical (unpaired) electrons. The third kappa shape index (κ3) is 7.10. The number of carbonyl (C=O) groups is 1. The number of benzene rings is 1. The lowest BCUT2D eigenvalue weighted by atomic mass is 10.1. The number of anilines is 1. The molecule has 3 rings (SSSR count). The Bertz CT molecular complexity index is 1000. The van der Waals surface area contributed by atoms with E-state index in [1.54, 1.807) is 6.92 Å². The molecule has 200 valence electrons. The molecule has 1 aromatic rings. The number of rotatable bonds is 10. The summed E-state index contributed by atoms with van der Waals surface area (Å²) < 4.78 is 20.6. The van der Waals surface area contributed by atoms with E-state index in [-0.39, 0.29) is 18.7 Å². The van der Waals surface area contributed by atoms with Crippen molar-refractivity contribution < 1.29 is 24.3 Å². The monoisotopic (exact) mass is 506 g/mol. The summed E-state index contributed by atoms with van der Waals surface area (Å²) in [6.45, 7) is 9.46. The second kappa shape index (κ2) is 12.2. The number of allylic oxidation sites excluding steroid dienone is 2. The van der Waals surface area contributed by atoms with Crippen molar-refractivity contribution in [2.75, 3.05) is 44.8 Å². The summed E-state index contributed by atoms with van der Waals surface area (Å²) in [5.74, 6) is -0.376. The van der Waals surface area contributed by atoms with Gasteiger partial charge in [-0.1, -0.05) is 23.9 Å². The largest absolute Gasteiger partial charge is 0.378 e. The number of morpholine rings is 1. The molecule has 1 saturated carbocycles. The molecular weight excluding hydrogens is 465 g/mol. The minimum absolute atomic E-state index is 0.146. The van der Waals surface area contributed by atoms with E-state index >= 15 is 4.39 Å². The molecule has 9 nitrogen and oxygen atoms in total. The van der Waals surface area contributed by atoms with Crippen LogP contribution >= 0.6 is 0 Å². The molecule has 10 heteroatoms. The molecule has 3 N–H and O–H groups in total. The lowest BCUT2D eigenvalue weighted by Gasteiger charge is -2.34. The molecule has 1 saturated heterocycles. The van der Waals surface area contributed by atoms with Crippen LogP contribution in [0.5, 0.6) is 0 Å². The van der Waals surface area contributed by atoms with Gasteiger partial charge in [-0.3, -0.25) is 4.79 Å². The maximum absolute atomic E-state index is 15.3. The number of hydrogen-bond donors (Lipinski definition) is 3. The van der Waals surface area contributed by atoms with Gasteiger partial charge in [0.15, 0.2) is 5.82 Å². The van der Waals surface area contributed by atoms with E-state index in [0.29, 0.717) is 37.2 Å². The molecule has 1 aliphatic heterocycles. The van der Waals surface area contributed by atoms with Crippen molar-refractivity contribution in [2.45, 2.75) is 59.8 Å². The number of amides is 1. The van der Waals surface area contributed by atoms with E-state index < -0.39 is 22.3 Å². The molecule has 36 heavy (non-hydrogen) atoms. The SMILES string of the molecule is CCCC/C(C)=C(/C)N=C(C)NC(=O)c1cc([N+](O)(O)N2CCOCC2)c(F)cc1N(C)CC1CC1. The van der Waals surface area contributed by atoms with Crippen LogP contribution in [-0.4, -0.2) is 67.1 Å². The molecule has 0 atom stereocenters. The number of carbonyl (C=O) groups excluding carboxylic acids is 1.